The predicted molar refractivity (Wildman–Crippen MR) is 302 cm³/mol. The lowest BCUT2D eigenvalue weighted by Gasteiger charge is -2.24. The van der Waals surface area contributed by atoms with Crippen molar-refractivity contribution < 1.29 is 47.7 Å². The number of ether oxygens (including phenoxy) is 4. The highest BCUT2D eigenvalue weighted by Crippen LogP contribution is 2.45. The molecule has 0 aliphatic heterocycles. The number of carbonyl (C=O) groups excluding carboxylic acids is 6. The van der Waals surface area contributed by atoms with Gasteiger partial charge in [0.15, 0.2) is 0 Å². The van der Waals surface area contributed by atoms with Crippen LogP contribution in [0.3, 0.4) is 0 Å². The van der Waals surface area contributed by atoms with Crippen molar-refractivity contribution in [2.75, 3.05) is 26.4 Å². The zero-order chi connectivity index (χ0) is 56.1. The number of fused-ring (bicyclic) bond motifs is 6. The maximum atomic E-state index is 13.7. The predicted octanol–water partition coefficient (Wildman–Crippen LogP) is 10.6. The van der Waals surface area contributed by atoms with E-state index < -0.39 is 60.1 Å². The molecule has 2 aliphatic rings. The number of esters is 2. The summed E-state index contributed by atoms with van der Waals surface area (Å²) in [6.07, 6.45) is 1.69. The molecule has 6 rings (SSSR count). The Kier molecular flexibility index (Phi) is 22.8. The van der Waals surface area contributed by atoms with Gasteiger partial charge in [0.05, 0.1) is 13.2 Å². The average Bonchev–Trinajstić information content (AvgIpc) is 3.98. The van der Waals surface area contributed by atoms with Gasteiger partial charge in [-0.1, -0.05) is 164 Å². The number of hydrogen-bond donors (Lipinski definition) is 4. The van der Waals surface area contributed by atoms with Crippen LogP contribution in [0.15, 0.2) is 97.1 Å². The second-order valence-corrected chi connectivity index (χ2v) is 21.8. The van der Waals surface area contributed by atoms with Gasteiger partial charge in [-0.15, -0.1) is 0 Å². The van der Waals surface area contributed by atoms with Gasteiger partial charge in [0, 0.05) is 24.7 Å². The van der Waals surface area contributed by atoms with E-state index in [1.807, 2.05) is 128 Å². The summed E-state index contributed by atoms with van der Waals surface area (Å²) >= 11 is 0. The van der Waals surface area contributed by atoms with Crippen molar-refractivity contribution in [3.05, 3.63) is 119 Å². The van der Waals surface area contributed by atoms with Gasteiger partial charge in [0.1, 0.15) is 37.4 Å². The number of amides is 4. The number of benzene rings is 4. The molecule has 0 bridgehead atoms. The highest BCUT2D eigenvalue weighted by atomic mass is 16.6. The highest BCUT2D eigenvalue weighted by Gasteiger charge is 2.34. The van der Waals surface area contributed by atoms with Crippen molar-refractivity contribution >= 4 is 35.9 Å². The van der Waals surface area contributed by atoms with E-state index in [9.17, 15) is 28.8 Å². The SMILES string of the molecule is CC(C)C[C@H](NC(=O)OCC1c2ccccc2-c2ccccc21)C(=O)N[C@@H](CC(C)C)C(=O)OCCCC#CC#CCCCOC(=O)[C@H](CC(C)C)NC(=O)[C@H](CC(C)C)NC(=O)OCC1c2ccccc2-c2ccccc21. The van der Waals surface area contributed by atoms with Gasteiger partial charge < -0.3 is 40.2 Å². The molecule has 0 fully saturated rings. The first-order valence-electron chi connectivity index (χ1n) is 27.6. The normalized spacial score (nSPS) is 13.7. The van der Waals surface area contributed by atoms with Crippen LogP contribution >= 0.6 is 0 Å². The van der Waals surface area contributed by atoms with Crippen LogP contribution < -0.4 is 21.3 Å². The Morgan fingerprint density at radius 1 is 0.410 bits per heavy atom. The van der Waals surface area contributed by atoms with Crippen LogP contribution in [0.25, 0.3) is 22.3 Å². The van der Waals surface area contributed by atoms with Crippen molar-refractivity contribution in [3.8, 4) is 45.9 Å². The molecule has 4 aromatic carbocycles. The third kappa shape index (κ3) is 17.5. The standard InChI is InChI=1S/C64H78N4O10/c1-41(2)35-55(67-63(73)77-39-53-49-29-19-15-25-45(49)46-26-16-20-30-50(46)53)59(69)65-57(37-43(5)6)61(71)75-33-23-13-11-9-10-12-14-24-34-76-62(72)58(38-44(7)8)66-60(70)56(36-42(3)4)68-64(74)78-40-54-51-31-21-17-27-47(51)48-28-18-22-32-52(48)54/h15-22,25-32,41-44,53-58H,13-14,23-24,33-40H2,1-8H3,(H,65,69)(H,66,70)(H,67,73)(H,68,74)/t55-,56-,57-,58-/m0/s1. The highest BCUT2D eigenvalue weighted by molar-refractivity contribution is 5.91. The Balaban J connectivity index is 0.889. The maximum absolute atomic E-state index is 13.7. The molecule has 4 aromatic rings. The molecule has 4 amide bonds. The minimum absolute atomic E-state index is 0.0581. The van der Waals surface area contributed by atoms with Gasteiger partial charge >= 0.3 is 24.1 Å². The molecule has 78 heavy (non-hydrogen) atoms. The smallest absolute Gasteiger partial charge is 0.407 e. The van der Waals surface area contributed by atoms with Gasteiger partial charge in [-0.3, -0.25) is 9.59 Å². The van der Waals surface area contributed by atoms with E-state index in [0.29, 0.717) is 51.4 Å². The zero-order valence-electron chi connectivity index (χ0n) is 46.6. The Labute approximate surface area is 461 Å². The fourth-order valence-electron chi connectivity index (χ4n) is 9.97. The van der Waals surface area contributed by atoms with E-state index in [1.165, 1.54) is 0 Å². The van der Waals surface area contributed by atoms with Crippen molar-refractivity contribution in [1.82, 2.24) is 21.3 Å². The molecule has 14 nitrogen and oxygen atoms in total. The van der Waals surface area contributed by atoms with E-state index in [4.69, 9.17) is 18.9 Å². The Morgan fingerprint density at radius 2 is 0.705 bits per heavy atom. The molecule has 4 N–H and O–H groups in total. The van der Waals surface area contributed by atoms with E-state index in [-0.39, 0.29) is 61.9 Å². The van der Waals surface area contributed by atoms with Crippen molar-refractivity contribution in [2.45, 2.75) is 143 Å². The fraction of sp³-hybridized carbons (Fsp3) is 0.469. The monoisotopic (exact) mass is 1060 g/mol. The molecule has 0 aromatic heterocycles. The van der Waals surface area contributed by atoms with E-state index >= 15 is 0 Å². The topological polar surface area (TPSA) is 187 Å². The molecule has 0 radical (unpaired) electrons. The molecule has 0 spiro atoms. The minimum atomic E-state index is -0.930. The number of hydrogen-bond acceptors (Lipinski definition) is 10. The molecule has 0 saturated heterocycles. The van der Waals surface area contributed by atoms with Gasteiger partial charge in [-0.2, -0.15) is 0 Å². The quantitative estimate of drug-likeness (QED) is 0.0204. The summed E-state index contributed by atoms with van der Waals surface area (Å²) in [5, 5.41) is 11.2. The third-order valence-corrected chi connectivity index (χ3v) is 13.6. The molecule has 414 valence electrons. The third-order valence-electron chi connectivity index (χ3n) is 13.6. The summed E-state index contributed by atoms with van der Waals surface area (Å²) in [5.74, 6) is 9.42. The summed E-state index contributed by atoms with van der Waals surface area (Å²) in [5.41, 5.74) is 8.79. The van der Waals surface area contributed by atoms with Crippen LogP contribution in [0.2, 0.25) is 0 Å². The largest absolute Gasteiger partial charge is 0.464 e. The molecule has 0 heterocycles. The number of rotatable bonds is 26. The number of nitrogens with one attached hydrogen (secondary N) is 4. The van der Waals surface area contributed by atoms with Crippen LogP contribution in [0.5, 0.6) is 0 Å². The van der Waals surface area contributed by atoms with Crippen LogP contribution in [0.4, 0.5) is 9.59 Å². The van der Waals surface area contributed by atoms with Gasteiger partial charge in [-0.25, -0.2) is 19.2 Å². The summed E-state index contributed by atoms with van der Waals surface area (Å²) in [6.45, 7) is 16.0. The zero-order valence-corrected chi connectivity index (χ0v) is 46.6. The summed E-state index contributed by atoms with van der Waals surface area (Å²) in [7, 11) is 0. The average molecular weight is 1060 g/mol. The second-order valence-electron chi connectivity index (χ2n) is 21.8. The number of carbonyl (C=O) groups is 6. The fourth-order valence-corrected chi connectivity index (χ4v) is 9.97. The first kappa shape index (κ1) is 59.7. The van der Waals surface area contributed by atoms with E-state index in [2.05, 4.69) is 69.2 Å². The first-order chi connectivity index (χ1) is 37.5. The van der Waals surface area contributed by atoms with Gasteiger partial charge in [-0.05, 0) is 119 Å². The van der Waals surface area contributed by atoms with Gasteiger partial charge in [0.2, 0.25) is 11.8 Å². The Hall–Kier alpha value is -7.58. The lowest BCUT2D eigenvalue weighted by atomic mass is 9.98. The molecular weight excluding hydrogens is 985 g/mol. The Bertz CT molecular complexity index is 2550. The molecule has 2 aliphatic carbocycles. The lowest BCUT2D eigenvalue weighted by Crippen LogP contribution is -2.52. The van der Waals surface area contributed by atoms with Crippen LogP contribution in [0, 0.1) is 47.4 Å². The maximum Gasteiger partial charge on any atom is 0.407 e. The number of alkyl carbamates (subject to hydrolysis) is 2. The molecule has 0 unspecified atom stereocenters. The summed E-state index contributed by atoms with van der Waals surface area (Å²) in [6, 6.07) is 28.6. The molecule has 14 heteroatoms. The second kappa shape index (κ2) is 29.8. The van der Waals surface area contributed by atoms with Crippen molar-refractivity contribution in [2.24, 2.45) is 23.7 Å². The van der Waals surface area contributed by atoms with Crippen LogP contribution in [-0.2, 0) is 38.1 Å². The van der Waals surface area contributed by atoms with Gasteiger partial charge in [0.25, 0.3) is 0 Å². The Morgan fingerprint density at radius 3 is 1.01 bits per heavy atom. The minimum Gasteiger partial charge on any atom is -0.464 e. The summed E-state index contributed by atoms with van der Waals surface area (Å²) < 4.78 is 22.6. The van der Waals surface area contributed by atoms with Crippen LogP contribution in [-0.4, -0.2) is 86.5 Å². The van der Waals surface area contributed by atoms with Crippen LogP contribution in [0.1, 0.15) is 141 Å². The first-order valence-corrected chi connectivity index (χ1v) is 27.6. The van der Waals surface area contributed by atoms with Crippen molar-refractivity contribution in [1.29, 1.82) is 0 Å². The molecular formula is C64H78N4O10. The lowest BCUT2D eigenvalue weighted by molar-refractivity contribution is -0.149. The van der Waals surface area contributed by atoms with E-state index in [0.717, 1.165) is 44.5 Å². The van der Waals surface area contributed by atoms with E-state index in [1.54, 1.807) is 0 Å². The molecule has 4 atom stereocenters. The summed E-state index contributed by atoms with van der Waals surface area (Å²) in [4.78, 5) is 80.4. The van der Waals surface area contributed by atoms with Crippen molar-refractivity contribution in [3.63, 3.8) is 0 Å². The molecule has 0 saturated carbocycles. The number of unbranched alkanes of at least 4 members (excludes halogenated alkanes) is 2.